The molecule has 0 saturated carbocycles. The number of halogens is 2. The van der Waals surface area contributed by atoms with Crippen molar-refractivity contribution in [2.45, 2.75) is 6.42 Å². The Morgan fingerprint density at radius 1 is 1.32 bits per heavy atom. The van der Waals surface area contributed by atoms with Crippen molar-refractivity contribution in [2.24, 2.45) is 5.92 Å². The molecule has 1 heterocycles. The summed E-state index contributed by atoms with van der Waals surface area (Å²) in [6.07, 6.45) is 5.81. The number of aromatic nitrogens is 3. The van der Waals surface area contributed by atoms with Crippen LogP contribution < -0.4 is 10.6 Å². The average Bonchev–Trinajstić information content (AvgIpc) is 2.99. The highest BCUT2D eigenvalue weighted by Crippen LogP contribution is 2.24. The molecule has 1 unspecified atom stereocenters. The van der Waals surface area contributed by atoms with Crippen LogP contribution in [-0.4, -0.2) is 32.8 Å². The lowest BCUT2D eigenvalue weighted by molar-refractivity contribution is -0.132. The maximum Gasteiger partial charge on any atom is 0.331 e. The molecule has 25 heavy (non-hydrogen) atoms. The van der Waals surface area contributed by atoms with Gasteiger partial charge in [-0.25, -0.2) is 9.89 Å². The first-order valence-corrected chi connectivity index (χ1v) is 8.25. The minimum absolute atomic E-state index is 0.0735. The van der Waals surface area contributed by atoms with Gasteiger partial charge in [0, 0.05) is 27.9 Å². The van der Waals surface area contributed by atoms with Crippen LogP contribution in [0.4, 0.5) is 17.6 Å². The Kier molecular flexibility index (Phi) is 5.25. The van der Waals surface area contributed by atoms with E-state index < -0.39 is 5.97 Å². The maximum absolute atomic E-state index is 11.0. The van der Waals surface area contributed by atoms with Crippen LogP contribution >= 0.6 is 23.2 Å². The van der Waals surface area contributed by atoms with E-state index in [4.69, 9.17) is 28.3 Å². The van der Waals surface area contributed by atoms with Crippen molar-refractivity contribution in [1.29, 1.82) is 0 Å². The first-order chi connectivity index (χ1) is 12.0. The fraction of sp³-hybridized carbons (Fsp3) is 0.188. The summed E-state index contributed by atoms with van der Waals surface area (Å²) in [6.45, 7) is 0.540. The van der Waals surface area contributed by atoms with E-state index in [0.717, 1.165) is 0 Å². The largest absolute Gasteiger partial charge is 0.478 e. The van der Waals surface area contributed by atoms with E-state index >= 15 is 0 Å². The second kappa shape index (κ2) is 7.58. The number of carbonyl (C=O) groups is 1. The highest BCUT2D eigenvalue weighted by molar-refractivity contribution is 6.35. The number of rotatable bonds is 6. The topological polar surface area (TPSA) is 103 Å². The molecule has 130 valence electrons. The summed E-state index contributed by atoms with van der Waals surface area (Å²) < 4.78 is 0. The molecule has 0 spiro atoms. The zero-order valence-corrected chi connectivity index (χ0v) is 14.5. The highest BCUT2D eigenvalue weighted by atomic mass is 35.5. The van der Waals surface area contributed by atoms with E-state index in [1.165, 1.54) is 0 Å². The quantitative estimate of drug-likeness (QED) is 0.607. The van der Waals surface area contributed by atoms with Crippen LogP contribution in [0.1, 0.15) is 6.42 Å². The van der Waals surface area contributed by atoms with Crippen LogP contribution in [0.15, 0.2) is 42.0 Å². The molecule has 0 saturated heterocycles. The average molecular weight is 380 g/mol. The molecule has 3 rings (SSSR count). The first kappa shape index (κ1) is 17.3. The first-order valence-electron chi connectivity index (χ1n) is 7.49. The van der Waals surface area contributed by atoms with Crippen LogP contribution in [0.5, 0.6) is 0 Å². The van der Waals surface area contributed by atoms with Crippen molar-refractivity contribution in [2.75, 3.05) is 17.2 Å². The lowest BCUT2D eigenvalue weighted by Gasteiger charge is -2.16. The Morgan fingerprint density at radius 3 is 2.80 bits per heavy atom. The Hall–Kier alpha value is -2.51. The van der Waals surface area contributed by atoms with Crippen LogP contribution in [-0.2, 0) is 4.79 Å². The van der Waals surface area contributed by atoms with Gasteiger partial charge in [0.1, 0.15) is 0 Å². The number of nitrogens with one attached hydrogen (secondary N) is 3. The Balaban J connectivity index is 1.56. The standard InChI is InChI=1S/C16H15Cl2N5O2/c17-11-5-12(18)7-13(6-11)20-16-21-15(22-23-16)19-8-9-2-1-3-10(4-9)14(24)25/h1-3,5-7,9H,4,8H2,(H,24,25)(H3,19,20,21,22,23). The van der Waals surface area contributed by atoms with E-state index in [1.54, 1.807) is 30.4 Å². The van der Waals surface area contributed by atoms with Gasteiger partial charge in [0.2, 0.25) is 11.9 Å². The molecule has 1 aromatic carbocycles. The van der Waals surface area contributed by atoms with Crippen molar-refractivity contribution in [3.8, 4) is 0 Å². The van der Waals surface area contributed by atoms with Crippen molar-refractivity contribution in [3.05, 3.63) is 52.0 Å². The predicted octanol–water partition coefficient (Wildman–Crippen LogP) is 3.85. The third-order valence-electron chi connectivity index (χ3n) is 3.57. The van der Waals surface area contributed by atoms with Gasteiger partial charge in [-0.3, -0.25) is 0 Å². The summed E-state index contributed by atoms with van der Waals surface area (Å²) in [5.41, 5.74) is 1.07. The van der Waals surface area contributed by atoms with Gasteiger partial charge in [-0.05, 0) is 30.5 Å². The van der Waals surface area contributed by atoms with E-state index in [0.29, 0.717) is 46.2 Å². The van der Waals surface area contributed by atoms with Gasteiger partial charge in [-0.2, -0.15) is 4.98 Å². The number of allylic oxidation sites excluding steroid dienone is 2. The number of hydrogen-bond acceptors (Lipinski definition) is 5. The summed E-state index contributed by atoms with van der Waals surface area (Å²) in [7, 11) is 0. The fourth-order valence-corrected chi connectivity index (χ4v) is 2.95. The Morgan fingerprint density at radius 2 is 2.08 bits per heavy atom. The van der Waals surface area contributed by atoms with Crippen LogP contribution in [0.25, 0.3) is 0 Å². The SMILES string of the molecule is O=C(O)C1=CC=CC(CNc2nc(Nc3cc(Cl)cc(Cl)c3)n[nH]2)C1. The molecule has 0 aliphatic heterocycles. The van der Waals surface area contributed by atoms with E-state index in [2.05, 4.69) is 25.8 Å². The number of anilines is 3. The number of nitrogens with zero attached hydrogens (tertiary/aromatic N) is 2. The molecule has 2 aromatic rings. The Bertz CT molecular complexity index is 827. The summed E-state index contributed by atoms with van der Waals surface area (Å²) in [5.74, 6) is 0.0339. The molecule has 1 aromatic heterocycles. The molecule has 9 heteroatoms. The maximum atomic E-state index is 11.0. The fourth-order valence-electron chi connectivity index (χ4n) is 2.43. The van der Waals surface area contributed by atoms with Gasteiger partial charge < -0.3 is 15.7 Å². The van der Waals surface area contributed by atoms with Gasteiger partial charge >= 0.3 is 5.97 Å². The van der Waals surface area contributed by atoms with Crippen molar-refractivity contribution >= 4 is 46.8 Å². The van der Waals surface area contributed by atoms with Crippen molar-refractivity contribution in [3.63, 3.8) is 0 Å². The molecular weight excluding hydrogens is 365 g/mol. The molecule has 1 aliphatic carbocycles. The van der Waals surface area contributed by atoms with Gasteiger partial charge in [-0.15, -0.1) is 5.10 Å². The molecule has 7 nitrogen and oxygen atoms in total. The molecule has 4 N–H and O–H groups in total. The third kappa shape index (κ3) is 4.74. The molecule has 1 aliphatic rings. The summed E-state index contributed by atoms with van der Waals surface area (Å²) in [6, 6.07) is 5.06. The number of aromatic amines is 1. The third-order valence-corrected chi connectivity index (χ3v) is 4.01. The van der Waals surface area contributed by atoms with Gasteiger partial charge in [-0.1, -0.05) is 41.4 Å². The smallest absolute Gasteiger partial charge is 0.331 e. The number of H-pyrrole nitrogens is 1. The molecular formula is C16H15Cl2N5O2. The lowest BCUT2D eigenvalue weighted by Crippen LogP contribution is -2.17. The number of aliphatic carboxylic acids is 1. The van der Waals surface area contributed by atoms with Crippen LogP contribution in [0, 0.1) is 5.92 Å². The molecule has 1 atom stereocenters. The molecule has 0 fully saturated rings. The van der Waals surface area contributed by atoms with Gasteiger partial charge in [0.15, 0.2) is 0 Å². The minimum atomic E-state index is -0.888. The zero-order chi connectivity index (χ0) is 17.8. The minimum Gasteiger partial charge on any atom is -0.478 e. The van der Waals surface area contributed by atoms with E-state index in [1.807, 2.05) is 6.08 Å². The molecule has 0 amide bonds. The van der Waals surface area contributed by atoms with E-state index in [-0.39, 0.29) is 5.92 Å². The molecule has 0 bridgehead atoms. The van der Waals surface area contributed by atoms with Crippen molar-refractivity contribution < 1.29 is 9.90 Å². The number of carboxylic acids is 1. The normalized spacial score (nSPS) is 16.4. The summed E-state index contributed by atoms with van der Waals surface area (Å²) in [5, 5.41) is 23.0. The zero-order valence-electron chi connectivity index (χ0n) is 13.0. The second-order valence-corrected chi connectivity index (χ2v) is 6.39. The van der Waals surface area contributed by atoms with E-state index in [9.17, 15) is 4.79 Å². The molecule has 0 radical (unpaired) electrons. The summed E-state index contributed by atoms with van der Waals surface area (Å²) >= 11 is 11.9. The Labute approximate surface area is 153 Å². The van der Waals surface area contributed by atoms with Gasteiger partial charge in [0.25, 0.3) is 0 Å². The number of carboxylic acid groups (broad SMARTS) is 1. The summed E-state index contributed by atoms with van der Waals surface area (Å²) in [4.78, 5) is 15.3. The number of hydrogen-bond donors (Lipinski definition) is 4. The second-order valence-electron chi connectivity index (χ2n) is 5.52. The highest BCUT2D eigenvalue weighted by Gasteiger charge is 2.16. The predicted molar refractivity (Wildman–Crippen MR) is 97.6 cm³/mol. The number of benzene rings is 1. The lowest BCUT2D eigenvalue weighted by atomic mass is 9.94. The van der Waals surface area contributed by atoms with Crippen molar-refractivity contribution in [1.82, 2.24) is 15.2 Å². The monoisotopic (exact) mass is 379 g/mol. The van der Waals surface area contributed by atoms with Crippen LogP contribution in [0.3, 0.4) is 0 Å². The van der Waals surface area contributed by atoms with Crippen LogP contribution in [0.2, 0.25) is 10.0 Å². The van der Waals surface area contributed by atoms with Gasteiger partial charge in [0.05, 0.1) is 0 Å².